The first-order chi connectivity index (χ1) is 8.36. The Hall–Kier alpha value is -1.49. The van der Waals surface area contributed by atoms with Crippen molar-refractivity contribution in [3.05, 3.63) is 33.5 Å². The average molecular weight is 262 g/mol. The molecule has 5 heteroatoms. The molecule has 2 N–H and O–H groups in total. The Kier molecular flexibility index (Phi) is 3.34. The summed E-state index contributed by atoms with van der Waals surface area (Å²) in [5, 5.41) is 3.19. The highest BCUT2D eigenvalue weighted by Gasteiger charge is 2.17. The normalized spacial score (nSPS) is 11.8. The van der Waals surface area contributed by atoms with Gasteiger partial charge in [-0.15, -0.1) is 11.3 Å². The molecule has 0 atom stereocenters. The monoisotopic (exact) mass is 262 g/mol. The molecule has 0 saturated carbocycles. The second-order valence-corrected chi connectivity index (χ2v) is 6.35. The fourth-order valence-corrected chi connectivity index (χ4v) is 2.58. The number of aryl methyl sites for hydroxylation is 1. The van der Waals surface area contributed by atoms with Crippen LogP contribution in [-0.2, 0) is 11.8 Å². The first-order valence-corrected chi connectivity index (χ1v) is 6.77. The summed E-state index contributed by atoms with van der Waals surface area (Å²) >= 11 is 1.67. The van der Waals surface area contributed by atoms with Gasteiger partial charge in [0.1, 0.15) is 0 Å². The number of hydrogen-bond donors (Lipinski definition) is 1. The highest BCUT2D eigenvalue weighted by atomic mass is 32.1. The van der Waals surface area contributed by atoms with E-state index in [0.29, 0.717) is 5.95 Å². The zero-order valence-electron chi connectivity index (χ0n) is 11.2. The van der Waals surface area contributed by atoms with E-state index in [1.54, 1.807) is 17.5 Å². The number of nitrogens with zero attached hydrogens (tertiary/aromatic N) is 3. The van der Waals surface area contributed by atoms with Crippen LogP contribution in [0.1, 0.15) is 42.7 Å². The van der Waals surface area contributed by atoms with E-state index in [9.17, 15) is 0 Å². The maximum absolute atomic E-state index is 5.62. The predicted octanol–water partition coefficient (Wildman–Crippen LogP) is 2.71. The van der Waals surface area contributed by atoms with Gasteiger partial charge in [0.15, 0.2) is 0 Å². The summed E-state index contributed by atoms with van der Waals surface area (Å²) in [4.78, 5) is 12.9. The van der Waals surface area contributed by atoms with E-state index in [4.69, 9.17) is 5.73 Å². The number of hydrogen-bond acceptors (Lipinski definition) is 5. The number of nitrogen functional groups attached to an aromatic ring is 1. The summed E-state index contributed by atoms with van der Waals surface area (Å²) in [6, 6.07) is 0. The Balaban J connectivity index is 2.24. The summed E-state index contributed by atoms with van der Waals surface area (Å²) in [6.07, 6.45) is 2.48. The highest BCUT2D eigenvalue weighted by molar-refractivity contribution is 7.09. The average Bonchev–Trinajstić information content (AvgIpc) is 2.71. The third kappa shape index (κ3) is 2.85. The van der Waals surface area contributed by atoms with Crippen molar-refractivity contribution in [3.8, 4) is 0 Å². The van der Waals surface area contributed by atoms with Crippen LogP contribution in [-0.4, -0.2) is 15.0 Å². The highest BCUT2D eigenvalue weighted by Crippen LogP contribution is 2.25. The smallest absolute Gasteiger partial charge is 0.220 e. The molecule has 0 spiro atoms. The van der Waals surface area contributed by atoms with Crippen LogP contribution in [0.4, 0.5) is 5.95 Å². The van der Waals surface area contributed by atoms with Crippen LogP contribution in [0.3, 0.4) is 0 Å². The molecule has 0 aliphatic heterocycles. The van der Waals surface area contributed by atoms with Crippen LogP contribution in [0.2, 0.25) is 0 Å². The Labute approximate surface area is 111 Å². The summed E-state index contributed by atoms with van der Waals surface area (Å²) in [5.74, 6) is 0.322. The molecule has 0 bridgehead atoms. The van der Waals surface area contributed by atoms with E-state index < -0.39 is 0 Å². The van der Waals surface area contributed by atoms with E-state index in [2.05, 4.69) is 41.1 Å². The van der Waals surface area contributed by atoms with E-state index in [1.165, 1.54) is 0 Å². The predicted molar refractivity (Wildman–Crippen MR) is 74.8 cm³/mol. The molecule has 2 aromatic rings. The Bertz CT molecular complexity index is 554. The molecule has 2 aromatic heterocycles. The molecule has 0 aliphatic carbocycles. The maximum Gasteiger partial charge on any atom is 0.220 e. The van der Waals surface area contributed by atoms with Crippen LogP contribution in [0, 0.1) is 6.92 Å². The summed E-state index contributed by atoms with van der Waals surface area (Å²) in [6.45, 7) is 8.49. The molecule has 0 aromatic carbocycles. The van der Waals surface area contributed by atoms with Gasteiger partial charge < -0.3 is 5.73 Å². The Morgan fingerprint density at radius 1 is 1.28 bits per heavy atom. The summed E-state index contributed by atoms with van der Waals surface area (Å²) < 4.78 is 0. The lowest BCUT2D eigenvalue weighted by molar-refractivity contribution is 0.571. The van der Waals surface area contributed by atoms with Crippen molar-refractivity contribution in [3.63, 3.8) is 0 Å². The number of aromatic nitrogens is 3. The molecule has 18 heavy (non-hydrogen) atoms. The lowest BCUT2D eigenvalue weighted by Crippen LogP contribution is -2.11. The molecule has 0 fully saturated rings. The van der Waals surface area contributed by atoms with Crippen molar-refractivity contribution in [1.29, 1.82) is 0 Å². The van der Waals surface area contributed by atoms with Crippen LogP contribution >= 0.6 is 11.3 Å². The first-order valence-electron chi connectivity index (χ1n) is 5.89. The van der Waals surface area contributed by atoms with Crippen LogP contribution < -0.4 is 5.73 Å². The van der Waals surface area contributed by atoms with Gasteiger partial charge in [-0.1, -0.05) is 20.8 Å². The van der Waals surface area contributed by atoms with Crippen LogP contribution in [0.15, 0.2) is 11.6 Å². The molecule has 0 unspecified atom stereocenters. The minimum absolute atomic E-state index is 0.0918. The van der Waals surface area contributed by atoms with Gasteiger partial charge in [0, 0.05) is 23.4 Å². The topological polar surface area (TPSA) is 64.7 Å². The molecule has 0 aliphatic rings. The molecular formula is C13H18N4S. The minimum atomic E-state index is 0.0918. The Morgan fingerprint density at radius 2 is 2.00 bits per heavy atom. The molecule has 0 radical (unpaired) electrons. The van der Waals surface area contributed by atoms with E-state index in [-0.39, 0.29) is 5.41 Å². The zero-order valence-corrected chi connectivity index (χ0v) is 12.0. The van der Waals surface area contributed by atoms with Crippen molar-refractivity contribution in [2.24, 2.45) is 0 Å². The second kappa shape index (κ2) is 4.65. The molecule has 2 rings (SSSR count). The molecule has 0 amide bonds. The molecule has 96 valence electrons. The summed E-state index contributed by atoms with van der Waals surface area (Å²) in [5.41, 5.74) is 8.84. The van der Waals surface area contributed by atoms with Crippen molar-refractivity contribution in [2.45, 2.75) is 39.5 Å². The SMILES string of the molecule is Cc1cnc(N)nc1Cc1nc(C(C)(C)C)cs1. The van der Waals surface area contributed by atoms with Gasteiger partial charge in [0.25, 0.3) is 0 Å². The Morgan fingerprint density at radius 3 is 2.61 bits per heavy atom. The van der Waals surface area contributed by atoms with Gasteiger partial charge >= 0.3 is 0 Å². The van der Waals surface area contributed by atoms with E-state index >= 15 is 0 Å². The quantitative estimate of drug-likeness (QED) is 0.903. The van der Waals surface area contributed by atoms with Crippen molar-refractivity contribution >= 4 is 17.3 Å². The van der Waals surface area contributed by atoms with Gasteiger partial charge in [-0.2, -0.15) is 0 Å². The number of thiazole rings is 1. The fraction of sp³-hybridized carbons (Fsp3) is 0.462. The molecule has 2 heterocycles. The van der Waals surface area contributed by atoms with Crippen molar-refractivity contribution in [1.82, 2.24) is 15.0 Å². The van der Waals surface area contributed by atoms with Crippen LogP contribution in [0.5, 0.6) is 0 Å². The largest absolute Gasteiger partial charge is 0.368 e. The van der Waals surface area contributed by atoms with Crippen LogP contribution in [0.25, 0.3) is 0 Å². The molecule has 4 nitrogen and oxygen atoms in total. The van der Waals surface area contributed by atoms with Gasteiger partial charge in [-0.05, 0) is 12.5 Å². The first kappa shape index (κ1) is 13.0. The van der Waals surface area contributed by atoms with E-state index in [0.717, 1.165) is 28.4 Å². The summed E-state index contributed by atoms with van der Waals surface area (Å²) in [7, 11) is 0. The third-order valence-electron chi connectivity index (χ3n) is 2.73. The number of rotatable bonds is 2. The van der Waals surface area contributed by atoms with Crippen molar-refractivity contribution in [2.75, 3.05) is 5.73 Å². The zero-order chi connectivity index (χ0) is 13.3. The van der Waals surface area contributed by atoms with Gasteiger partial charge in [-0.3, -0.25) is 0 Å². The maximum atomic E-state index is 5.62. The standard InChI is InChI=1S/C13H18N4S/c1-8-6-15-12(14)16-9(8)5-11-17-10(7-18-11)13(2,3)4/h6-7H,5H2,1-4H3,(H2,14,15,16). The lowest BCUT2D eigenvalue weighted by Gasteiger charge is -2.14. The molecule has 0 saturated heterocycles. The fourth-order valence-electron chi connectivity index (χ4n) is 1.55. The van der Waals surface area contributed by atoms with Gasteiger partial charge in [0.05, 0.1) is 16.4 Å². The van der Waals surface area contributed by atoms with Crippen molar-refractivity contribution < 1.29 is 0 Å². The lowest BCUT2D eigenvalue weighted by atomic mass is 9.93. The molecular weight excluding hydrogens is 244 g/mol. The second-order valence-electron chi connectivity index (χ2n) is 5.41. The van der Waals surface area contributed by atoms with E-state index in [1.807, 2.05) is 6.92 Å². The number of nitrogens with two attached hydrogens (primary N) is 1. The van der Waals surface area contributed by atoms with Gasteiger partial charge in [-0.25, -0.2) is 15.0 Å². The third-order valence-corrected chi connectivity index (χ3v) is 3.58. The minimum Gasteiger partial charge on any atom is -0.368 e. The van der Waals surface area contributed by atoms with Gasteiger partial charge in [0.2, 0.25) is 5.95 Å². The number of anilines is 1.